The number of aliphatic hydroxyl groups is 1. The maximum atomic E-state index is 12.8. The number of rotatable bonds is 10. The van der Waals surface area contributed by atoms with Gasteiger partial charge in [-0.1, -0.05) is 5.16 Å². The van der Waals surface area contributed by atoms with Gasteiger partial charge in [-0.05, 0) is 72.5 Å². The fourth-order valence-corrected chi connectivity index (χ4v) is 4.68. The summed E-state index contributed by atoms with van der Waals surface area (Å²) in [7, 11) is 0. The summed E-state index contributed by atoms with van der Waals surface area (Å²) in [6.45, 7) is 1.42. The van der Waals surface area contributed by atoms with Crippen molar-refractivity contribution in [2.75, 3.05) is 17.2 Å². The topological polar surface area (TPSA) is 130 Å². The van der Waals surface area contributed by atoms with Crippen LogP contribution in [-0.2, 0) is 14.4 Å². The lowest BCUT2D eigenvalue weighted by atomic mass is 10.0. The number of allylic oxidation sites excluding steroid dienone is 1. The van der Waals surface area contributed by atoms with Gasteiger partial charge in [0.2, 0.25) is 5.91 Å². The number of ketones is 1. The highest BCUT2D eigenvalue weighted by atomic mass is 32.1. The average molecular weight is 567 g/mol. The van der Waals surface area contributed by atoms with Gasteiger partial charge in [0.15, 0.2) is 17.4 Å². The molecule has 0 aliphatic heterocycles. The lowest BCUT2D eigenvalue weighted by molar-refractivity contribution is -0.120. The van der Waals surface area contributed by atoms with Crippen molar-refractivity contribution in [3.63, 3.8) is 0 Å². The summed E-state index contributed by atoms with van der Waals surface area (Å²) in [6, 6.07) is 13.0. The van der Waals surface area contributed by atoms with E-state index in [-0.39, 0.29) is 24.7 Å². The Hall–Kier alpha value is -5.03. The lowest BCUT2D eigenvalue weighted by Crippen LogP contribution is -2.19. The molecule has 206 valence electrons. The first-order chi connectivity index (χ1) is 19.8. The first kappa shape index (κ1) is 29.0. The van der Waals surface area contributed by atoms with Crippen molar-refractivity contribution in [3.05, 3.63) is 81.3 Å². The Bertz CT molecular complexity index is 1610. The minimum absolute atomic E-state index is 0.193. The number of aliphatic hydroxyl groups excluding tert-OH is 1. The van der Waals surface area contributed by atoms with Gasteiger partial charge in [0.1, 0.15) is 6.10 Å². The Morgan fingerprint density at radius 2 is 1.66 bits per heavy atom. The molecule has 3 aromatic rings. The zero-order chi connectivity index (χ0) is 29.4. The number of nitrogens with zero attached hydrogens (tertiary/aromatic N) is 2. The molecule has 41 heavy (non-hydrogen) atoms. The predicted octanol–water partition coefficient (Wildman–Crippen LogP) is 4.26. The molecule has 0 spiro atoms. The molecule has 1 aliphatic carbocycles. The maximum absolute atomic E-state index is 12.8. The van der Waals surface area contributed by atoms with E-state index in [0.29, 0.717) is 57.3 Å². The third kappa shape index (κ3) is 7.34. The molecule has 0 radical (unpaired) electrons. The van der Waals surface area contributed by atoms with Crippen LogP contribution in [0, 0.1) is 24.7 Å². The lowest BCUT2D eigenvalue weighted by Gasteiger charge is -2.08. The highest BCUT2D eigenvalue weighted by Gasteiger charge is 2.29. The Balaban J connectivity index is 1.27. The van der Waals surface area contributed by atoms with E-state index in [4.69, 9.17) is 17.7 Å². The Morgan fingerprint density at radius 3 is 2.22 bits per heavy atom. The molecule has 1 aliphatic rings. The van der Waals surface area contributed by atoms with E-state index >= 15 is 0 Å². The van der Waals surface area contributed by atoms with Gasteiger partial charge in [-0.15, -0.1) is 30.1 Å². The molecule has 1 aromatic heterocycles. The molecule has 2 amide bonds. The Labute approximate surface area is 241 Å². The van der Waals surface area contributed by atoms with E-state index in [2.05, 4.69) is 32.6 Å². The predicted molar refractivity (Wildman–Crippen MR) is 158 cm³/mol. The van der Waals surface area contributed by atoms with Crippen LogP contribution in [0.5, 0.6) is 0 Å². The van der Waals surface area contributed by atoms with E-state index in [1.807, 2.05) is 5.38 Å². The Kier molecular flexibility index (Phi) is 9.43. The average Bonchev–Trinajstić information content (AvgIpc) is 3.57. The van der Waals surface area contributed by atoms with E-state index < -0.39 is 12.0 Å². The van der Waals surface area contributed by atoms with Gasteiger partial charge in [-0.25, -0.2) is 4.98 Å². The van der Waals surface area contributed by atoms with Crippen LogP contribution >= 0.6 is 11.3 Å². The van der Waals surface area contributed by atoms with E-state index in [1.54, 1.807) is 55.5 Å². The fraction of sp³-hybridized carbons (Fsp3) is 0.194. The molecule has 0 fully saturated rings. The first-order valence-electron chi connectivity index (χ1n) is 12.6. The van der Waals surface area contributed by atoms with E-state index in [1.165, 1.54) is 11.3 Å². The number of carbonyl (C=O) groups is 3. The summed E-state index contributed by atoms with van der Waals surface area (Å²) in [5.41, 5.74) is 4.53. The molecular weight excluding hydrogens is 540 g/mol. The zero-order valence-corrected chi connectivity index (χ0v) is 23.0. The molecule has 4 rings (SSSR count). The van der Waals surface area contributed by atoms with E-state index in [0.717, 1.165) is 5.57 Å². The first-order valence-corrected chi connectivity index (χ1v) is 13.4. The molecule has 9 nitrogen and oxygen atoms in total. The number of terminal acetylenes is 2. The summed E-state index contributed by atoms with van der Waals surface area (Å²) < 4.78 is 0. The molecule has 0 saturated carbocycles. The van der Waals surface area contributed by atoms with Crippen LogP contribution in [0.1, 0.15) is 52.8 Å². The van der Waals surface area contributed by atoms with E-state index in [9.17, 15) is 19.5 Å². The van der Waals surface area contributed by atoms with Gasteiger partial charge in [0.05, 0.1) is 11.4 Å². The minimum atomic E-state index is -0.928. The number of amides is 2. The fourth-order valence-electron chi connectivity index (χ4n) is 4.04. The van der Waals surface area contributed by atoms with Crippen molar-refractivity contribution in [2.24, 2.45) is 5.16 Å². The second-order valence-electron chi connectivity index (χ2n) is 9.06. The number of nitrogens with one attached hydrogen (secondary N) is 2. The van der Waals surface area contributed by atoms with Gasteiger partial charge >= 0.3 is 0 Å². The van der Waals surface area contributed by atoms with Crippen LogP contribution in [0.3, 0.4) is 0 Å². The maximum Gasteiger partial charge on any atom is 0.265 e. The van der Waals surface area contributed by atoms with Crippen LogP contribution in [0.15, 0.2) is 64.6 Å². The quantitative estimate of drug-likeness (QED) is 0.191. The molecule has 0 saturated heterocycles. The smallest absolute Gasteiger partial charge is 0.265 e. The third-order valence-corrected chi connectivity index (χ3v) is 7.01. The molecule has 2 aromatic carbocycles. The molecule has 0 bridgehead atoms. The number of benzene rings is 2. The van der Waals surface area contributed by atoms with Crippen molar-refractivity contribution in [1.29, 1.82) is 0 Å². The van der Waals surface area contributed by atoms with Crippen molar-refractivity contribution in [1.82, 2.24) is 4.98 Å². The van der Waals surface area contributed by atoms with Crippen molar-refractivity contribution in [2.45, 2.75) is 32.3 Å². The SMILES string of the molecule is C#CCCC(=O)Nc1ccc(C(=O)c2ccc(NC(=O)CO/N=C3\CC(c4csc(C#C)n4)=C(C)C3O)cc2)cc1. The number of oxime groups is 1. The van der Waals surface area contributed by atoms with Gasteiger partial charge in [-0.2, -0.15) is 0 Å². The largest absolute Gasteiger partial charge is 0.386 e. The molecule has 3 N–H and O–H groups in total. The highest BCUT2D eigenvalue weighted by molar-refractivity contribution is 7.10. The summed E-state index contributed by atoms with van der Waals surface area (Å²) in [6.07, 6.45) is 10.6. The van der Waals surface area contributed by atoms with Gasteiger partial charge < -0.3 is 20.6 Å². The minimum Gasteiger partial charge on any atom is -0.386 e. The number of hydrogen-bond donors (Lipinski definition) is 3. The second kappa shape index (κ2) is 13.4. The normalized spacial score (nSPS) is 15.2. The number of aromatic nitrogens is 1. The van der Waals surface area contributed by atoms with Crippen LogP contribution < -0.4 is 10.6 Å². The van der Waals surface area contributed by atoms with Gasteiger partial charge in [-0.3, -0.25) is 14.4 Å². The van der Waals surface area contributed by atoms with Gasteiger partial charge in [0, 0.05) is 47.1 Å². The highest BCUT2D eigenvalue weighted by Crippen LogP contribution is 2.33. The number of carbonyl (C=O) groups excluding carboxylic acids is 3. The molecular formula is C31H26N4O5S. The summed E-state index contributed by atoms with van der Waals surface area (Å²) in [4.78, 5) is 46.5. The number of hydrogen-bond acceptors (Lipinski definition) is 8. The van der Waals surface area contributed by atoms with Crippen LogP contribution in [0.4, 0.5) is 11.4 Å². The number of anilines is 2. The Morgan fingerprint density at radius 1 is 1.05 bits per heavy atom. The summed E-state index contributed by atoms with van der Waals surface area (Å²) in [5.74, 6) is 4.05. The third-order valence-electron chi connectivity index (χ3n) is 6.23. The summed E-state index contributed by atoms with van der Waals surface area (Å²) in [5, 5.41) is 22.3. The zero-order valence-electron chi connectivity index (χ0n) is 22.1. The van der Waals surface area contributed by atoms with Crippen LogP contribution in [0.25, 0.3) is 5.57 Å². The van der Waals surface area contributed by atoms with Gasteiger partial charge in [0.25, 0.3) is 5.91 Å². The molecule has 1 heterocycles. The summed E-state index contributed by atoms with van der Waals surface area (Å²) >= 11 is 1.35. The van der Waals surface area contributed by atoms with Crippen LogP contribution in [-0.4, -0.2) is 46.1 Å². The number of thiazole rings is 1. The second-order valence-corrected chi connectivity index (χ2v) is 9.92. The molecule has 10 heteroatoms. The van der Waals surface area contributed by atoms with Crippen molar-refractivity contribution < 1.29 is 24.3 Å². The van der Waals surface area contributed by atoms with Crippen molar-refractivity contribution >= 4 is 51.6 Å². The standard InChI is InChI=1S/C31H26N4O5S/c1-4-6-7-27(36)32-22-12-8-20(9-13-22)31(39)21-10-14-23(15-11-21)33-28(37)17-40-35-25-16-24(19(3)30(25)38)26-18-41-29(5-2)34-26/h1-2,8-15,18,30,38H,6-7,16-17H2,3H3,(H,32,36)(H,33,37)/b35-25+. The van der Waals surface area contributed by atoms with Crippen LogP contribution in [0.2, 0.25) is 0 Å². The van der Waals surface area contributed by atoms with Crippen molar-refractivity contribution in [3.8, 4) is 24.7 Å². The molecule has 1 unspecified atom stereocenters. The monoisotopic (exact) mass is 566 g/mol. The molecule has 1 atom stereocenters.